The van der Waals surface area contributed by atoms with Crippen LogP contribution in [0.3, 0.4) is 0 Å². The Morgan fingerprint density at radius 3 is 3.05 bits per heavy atom. The largest absolute Gasteiger partial charge is 0.454 e. The van der Waals surface area contributed by atoms with Gasteiger partial charge < -0.3 is 14.4 Å². The van der Waals surface area contributed by atoms with Gasteiger partial charge in [-0.25, -0.2) is 0 Å². The van der Waals surface area contributed by atoms with Crippen molar-refractivity contribution in [1.29, 1.82) is 5.26 Å². The Kier molecular flexibility index (Phi) is 3.00. The third-order valence-corrected chi connectivity index (χ3v) is 3.49. The van der Waals surface area contributed by atoms with Crippen LogP contribution in [0.4, 0.5) is 0 Å². The molecule has 0 N–H and O–H groups in total. The minimum absolute atomic E-state index is 0.0493. The van der Waals surface area contributed by atoms with Crippen molar-refractivity contribution in [2.45, 2.75) is 19.4 Å². The van der Waals surface area contributed by atoms with E-state index in [1.54, 1.807) is 4.90 Å². The third kappa shape index (κ3) is 2.34. The minimum atomic E-state index is -0.0493. The SMILES string of the molecule is N#CC1CCC(=O)N(Cc2ccc3c(c2)OCO3)C1. The highest BCUT2D eigenvalue weighted by Crippen LogP contribution is 2.33. The van der Waals surface area contributed by atoms with Gasteiger partial charge in [-0.3, -0.25) is 4.79 Å². The molecule has 5 nitrogen and oxygen atoms in total. The van der Waals surface area contributed by atoms with Crippen LogP contribution in [0.2, 0.25) is 0 Å². The van der Waals surface area contributed by atoms with Crippen molar-refractivity contribution < 1.29 is 14.3 Å². The molecule has 98 valence electrons. The number of piperidine rings is 1. The first-order chi connectivity index (χ1) is 9.26. The van der Waals surface area contributed by atoms with Gasteiger partial charge >= 0.3 is 0 Å². The first-order valence-corrected chi connectivity index (χ1v) is 6.32. The lowest BCUT2D eigenvalue weighted by atomic mass is 9.98. The second-order valence-electron chi connectivity index (χ2n) is 4.83. The molecule has 19 heavy (non-hydrogen) atoms. The van der Waals surface area contributed by atoms with Crippen molar-refractivity contribution in [3.8, 4) is 17.6 Å². The second-order valence-corrected chi connectivity index (χ2v) is 4.83. The van der Waals surface area contributed by atoms with Gasteiger partial charge in [0, 0.05) is 19.5 Å². The first-order valence-electron chi connectivity index (χ1n) is 6.32. The summed E-state index contributed by atoms with van der Waals surface area (Å²) in [5.74, 6) is 1.53. The fourth-order valence-corrected chi connectivity index (χ4v) is 2.43. The van der Waals surface area contributed by atoms with Crippen molar-refractivity contribution in [3.05, 3.63) is 23.8 Å². The van der Waals surface area contributed by atoms with E-state index in [1.165, 1.54) is 0 Å². The van der Waals surface area contributed by atoms with Crippen LogP contribution in [0.5, 0.6) is 11.5 Å². The monoisotopic (exact) mass is 258 g/mol. The zero-order valence-electron chi connectivity index (χ0n) is 10.5. The van der Waals surface area contributed by atoms with Crippen molar-refractivity contribution >= 4 is 5.91 Å². The molecule has 1 fully saturated rings. The highest BCUT2D eigenvalue weighted by Gasteiger charge is 2.25. The lowest BCUT2D eigenvalue weighted by Gasteiger charge is -2.29. The number of rotatable bonds is 2. The molecule has 0 aromatic heterocycles. The van der Waals surface area contributed by atoms with Crippen LogP contribution in [-0.4, -0.2) is 24.1 Å². The number of carbonyl (C=O) groups excluding carboxylic acids is 1. The van der Waals surface area contributed by atoms with Gasteiger partial charge in [0.1, 0.15) is 0 Å². The van der Waals surface area contributed by atoms with Crippen LogP contribution in [0, 0.1) is 17.2 Å². The van der Waals surface area contributed by atoms with Crippen LogP contribution < -0.4 is 9.47 Å². The molecule has 2 heterocycles. The topological polar surface area (TPSA) is 62.6 Å². The summed E-state index contributed by atoms with van der Waals surface area (Å²) in [6.07, 6.45) is 1.13. The average molecular weight is 258 g/mol. The minimum Gasteiger partial charge on any atom is -0.454 e. The van der Waals surface area contributed by atoms with Gasteiger partial charge in [0.05, 0.1) is 12.0 Å². The molecule has 1 saturated heterocycles. The van der Waals surface area contributed by atoms with Gasteiger partial charge in [0.25, 0.3) is 0 Å². The number of carbonyl (C=O) groups is 1. The molecule has 1 aromatic carbocycles. The lowest BCUT2D eigenvalue weighted by Crippen LogP contribution is -2.38. The molecule has 5 heteroatoms. The fraction of sp³-hybridized carbons (Fsp3) is 0.429. The maximum atomic E-state index is 11.9. The predicted octanol–water partition coefficient (Wildman–Crippen LogP) is 1.68. The average Bonchev–Trinajstić information content (AvgIpc) is 2.89. The van der Waals surface area contributed by atoms with Crippen LogP contribution in [0.15, 0.2) is 18.2 Å². The number of fused-ring (bicyclic) bond motifs is 1. The molecule has 2 aliphatic heterocycles. The summed E-state index contributed by atoms with van der Waals surface area (Å²) in [5, 5.41) is 8.96. The highest BCUT2D eigenvalue weighted by atomic mass is 16.7. The molecular formula is C14H14N2O3. The van der Waals surface area contributed by atoms with E-state index < -0.39 is 0 Å². The fourth-order valence-electron chi connectivity index (χ4n) is 2.43. The molecule has 1 unspecified atom stereocenters. The summed E-state index contributed by atoms with van der Waals surface area (Å²) in [7, 11) is 0. The summed E-state index contributed by atoms with van der Waals surface area (Å²) in [6, 6.07) is 7.92. The van der Waals surface area contributed by atoms with Crippen LogP contribution in [-0.2, 0) is 11.3 Å². The van der Waals surface area contributed by atoms with Crippen molar-refractivity contribution in [2.24, 2.45) is 5.92 Å². The lowest BCUT2D eigenvalue weighted by molar-refractivity contribution is -0.134. The molecule has 0 saturated carbocycles. The van der Waals surface area contributed by atoms with Crippen molar-refractivity contribution in [2.75, 3.05) is 13.3 Å². The normalized spacial score (nSPS) is 21.3. The number of nitriles is 1. The Bertz CT molecular complexity index is 550. The summed E-state index contributed by atoms with van der Waals surface area (Å²) in [5.41, 5.74) is 0.996. The van der Waals surface area contributed by atoms with E-state index in [0.29, 0.717) is 25.9 Å². The zero-order valence-corrected chi connectivity index (χ0v) is 10.5. The molecule has 1 aromatic rings. The summed E-state index contributed by atoms with van der Waals surface area (Å²) < 4.78 is 10.6. The summed E-state index contributed by atoms with van der Waals surface area (Å²) in [4.78, 5) is 13.6. The number of hydrogen-bond donors (Lipinski definition) is 0. The van der Waals surface area contributed by atoms with Gasteiger partial charge in [-0.2, -0.15) is 5.26 Å². The zero-order chi connectivity index (χ0) is 13.2. The van der Waals surface area contributed by atoms with Gasteiger partial charge in [0.2, 0.25) is 12.7 Å². The molecule has 0 aliphatic carbocycles. The Morgan fingerprint density at radius 2 is 2.21 bits per heavy atom. The van der Waals surface area contributed by atoms with E-state index in [0.717, 1.165) is 17.1 Å². The Hall–Kier alpha value is -2.22. The molecule has 3 rings (SSSR count). The van der Waals surface area contributed by atoms with E-state index in [9.17, 15) is 4.79 Å². The van der Waals surface area contributed by atoms with E-state index in [1.807, 2.05) is 18.2 Å². The quantitative estimate of drug-likeness (QED) is 0.809. The Morgan fingerprint density at radius 1 is 1.37 bits per heavy atom. The number of amides is 1. The molecular weight excluding hydrogens is 244 g/mol. The Labute approximate surface area is 111 Å². The summed E-state index contributed by atoms with van der Waals surface area (Å²) >= 11 is 0. The van der Waals surface area contributed by atoms with Crippen LogP contribution in [0.25, 0.3) is 0 Å². The van der Waals surface area contributed by atoms with Gasteiger partial charge in [0.15, 0.2) is 11.5 Å². The predicted molar refractivity (Wildman–Crippen MR) is 66.3 cm³/mol. The van der Waals surface area contributed by atoms with E-state index in [2.05, 4.69) is 6.07 Å². The van der Waals surface area contributed by atoms with Crippen LogP contribution >= 0.6 is 0 Å². The van der Waals surface area contributed by atoms with E-state index >= 15 is 0 Å². The molecule has 0 bridgehead atoms. The van der Waals surface area contributed by atoms with Gasteiger partial charge in [-0.1, -0.05) is 6.07 Å². The molecule has 0 radical (unpaired) electrons. The van der Waals surface area contributed by atoms with Gasteiger partial charge in [-0.15, -0.1) is 0 Å². The van der Waals surface area contributed by atoms with Crippen molar-refractivity contribution in [3.63, 3.8) is 0 Å². The number of nitrogens with zero attached hydrogens (tertiary/aromatic N) is 2. The molecule has 2 aliphatic rings. The standard InChI is InChI=1S/C14H14N2O3/c15-6-11-2-4-14(17)16(8-11)7-10-1-3-12-13(5-10)19-9-18-12/h1,3,5,11H,2,4,7-9H2. The summed E-state index contributed by atoms with van der Waals surface area (Å²) in [6.45, 7) is 1.29. The van der Waals surface area contributed by atoms with Crippen molar-refractivity contribution in [1.82, 2.24) is 4.90 Å². The maximum Gasteiger partial charge on any atom is 0.231 e. The Balaban J connectivity index is 1.73. The number of benzene rings is 1. The van der Waals surface area contributed by atoms with E-state index in [-0.39, 0.29) is 18.6 Å². The molecule has 1 amide bonds. The van der Waals surface area contributed by atoms with E-state index in [4.69, 9.17) is 14.7 Å². The number of hydrogen-bond acceptors (Lipinski definition) is 4. The smallest absolute Gasteiger partial charge is 0.231 e. The third-order valence-electron chi connectivity index (χ3n) is 3.49. The number of likely N-dealkylation sites (tertiary alicyclic amines) is 1. The number of ether oxygens (including phenoxy) is 2. The molecule has 1 atom stereocenters. The van der Waals surface area contributed by atoms with Gasteiger partial charge in [-0.05, 0) is 24.1 Å². The second kappa shape index (κ2) is 4.81. The highest BCUT2D eigenvalue weighted by molar-refractivity contribution is 5.77. The van der Waals surface area contributed by atoms with Crippen LogP contribution in [0.1, 0.15) is 18.4 Å². The first kappa shape index (κ1) is 11.8. The maximum absolute atomic E-state index is 11.9. The molecule has 0 spiro atoms.